The molecule has 0 N–H and O–H groups in total. The molecule has 0 aliphatic rings. The summed E-state index contributed by atoms with van der Waals surface area (Å²) in [5.41, 5.74) is 0. The summed E-state index contributed by atoms with van der Waals surface area (Å²) in [6, 6.07) is 3.21. The van der Waals surface area contributed by atoms with Gasteiger partial charge < -0.3 is 0 Å². The third-order valence-corrected chi connectivity index (χ3v) is 3.88. The van der Waals surface area contributed by atoms with Crippen molar-refractivity contribution in [1.82, 2.24) is 0 Å². The van der Waals surface area contributed by atoms with E-state index in [0.29, 0.717) is 19.7 Å². The fourth-order valence-corrected chi connectivity index (χ4v) is 4.14. The first-order chi connectivity index (χ1) is 6.55. The molecular weight excluding hydrogens is 456 g/mol. The number of hydrogen-bond acceptors (Lipinski definition) is 1. The molecule has 1 aromatic rings. The molecule has 86 valence electrons. The molecule has 0 aromatic heterocycles. The van der Waals surface area contributed by atoms with Crippen molar-refractivity contribution in [2.24, 2.45) is 0 Å². The van der Waals surface area contributed by atoms with E-state index in [2.05, 4.69) is 31.9 Å². The summed E-state index contributed by atoms with van der Waals surface area (Å²) in [7, 11) is 0. The van der Waals surface area contributed by atoms with E-state index in [-0.39, 0.29) is 0 Å². The van der Waals surface area contributed by atoms with Crippen LogP contribution >= 0.6 is 92.7 Å². The van der Waals surface area contributed by atoms with Gasteiger partial charge in [0.05, 0.1) is 0 Å². The van der Waals surface area contributed by atoms with Crippen LogP contribution in [-0.4, -0.2) is 0 Å². The molecule has 9 heteroatoms. The summed E-state index contributed by atoms with van der Waals surface area (Å²) in [6.45, 7) is 0. The predicted molar refractivity (Wildman–Crippen MR) is 77.8 cm³/mol. The Labute approximate surface area is 128 Å². The van der Waals surface area contributed by atoms with Gasteiger partial charge in [-0.3, -0.25) is 0 Å². The van der Waals surface area contributed by atoms with Crippen LogP contribution in [0, 0.1) is 0 Å². The fourth-order valence-electron chi connectivity index (χ4n) is 0.754. The van der Waals surface area contributed by atoms with Crippen molar-refractivity contribution < 1.29 is 4.52 Å². The molecule has 15 heavy (non-hydrogen) atoms. The van der Waals surface area contributed by atoms with E-state index in [1.54, 1.807) is 12.1 Å². The Bertz CT molecular complexity index is 372. The molecule has 0 aliphatic heterocycles. The molecule has 0 aliphatic carbocycles. The molecule has 0 amide bonds. The Hall–Kier alpha value is 1.86. The first-order valence-corrected chi connectivity index (χ1v) is 11.0. The third-order valence-electron chi connectivity index (χ3n) is 1.19. The molecule has 0 bridgehead atoms. The predicted octanol–water partition coefficient (Wildman–Crippen LogP) is 7.33. The molecule has 0 atom stereocenters. The summed E-state index contributed by atoms with van der Waals surface area (Å²) in [4.78, 5) is 0. The van der Waals surface area contributed by atoms with E-state index in [4.69, 9.17) is 61.1 Å². The van der Waals surface area contributed by atoms with E-state index < -0.39 is 4.24 Å². The van der Waals surface area contributed by atoms with Gasteiger partial charge in [0, 0.05) is 0 Å². The molecule has 0 fully saturated rings. The summed E-state index contributed by atoms with van der Waals surface area (Å²) in [6.07, 6.45) is 0. The summed E-state index contributed by atoms with van der Waals surface area (Å²) in [5.74, 6) is 0.298. The van der Waals surface area contributed by atoms with Gasteiger partial charge in [-0.25, -0.2) is 0 Å². The SMILES string of the molecule is Clc1cc(Br)c(OP(Cl)(Cl)(Cl)Cl)c(Br)c1. The topological polar surface area (TPSA) is 9.23 Å². The van der Waals surface area contributed by atoms with E-state index in [1.165, 1.54) is 0 Å². The molecular formula is C6H2Br2Cl5OP. The summed E-state index contributed by atoms with van der Waals surface area (Å²) < 4.78 is 2.07. The molecule has 0 spiro atoms. The van der Waals surface area contributed by atoms with Crippen LogP contribution in [0.2, 0.25) is 5.02 Å². The van der Waals surface area contributed by atoms with Crippen molar-refractivity contribution in [3.8, 4) is 5.75 Å². The maximum atomic E-state index is 5.79. The second kappa shape index (κ2) is 4.85. The molecule has 0 heterocycles. The van der Waals surface area contributed by atoms with Gasteiger partial charge in [0.25, 0.3) is 0 Å². The average molecular weight is 458 g/mol. The van der Waals surface area contributed by atoms with Gasteiger partial charge in [0.1, 0.15) is 0 Å². The fraction of sp³-hybridized carbons (Fsp3) is 0. The molecule has 1 nitrogen and oxygen atoms in total. The Morgan fingerprint density at radius 2 is 1.40 bits per heavy atom. The second-order valence-electron chi connectivity index (χ2n) is 2.45. The molecule has 0 radical (unpaired) electrons. The Kier molecular flexibility index (Phi) is 4.83. The minimum absolute atomic E-state index is 0.298. The van der Waals surface area contributed by atoms with E-state index in [9.17, 15) is 0 Å². The maximum absolute atomic E-state index is 5.79. The standard InChI is InChI=1S/C6H2Br2Cl5OP/c7-4-1-3(9)2-5(8)6(4)14-15(10,11,12)13/h1-2H. The summed E-state index contributed by atoms with van der Waals surface area (Å²) in [5, 5.41) is 0.509. The van der Waals surface area contributed by atoms with E-state index in [1.807, 2.05) is 0 Å². The van der Waals surface area contributed by atoms with Gasteiger partial charge in [-0.15, -0.1) is 0 Å². The Morgan fingerprint density at radius 1 is 1.00 bits per heavy atom. The molecule has 0 unspecified atom stereocenters. The van der Waals surface area contributed by atoms with Crippen LogP contribution in [0.25, 0.3) is 0 Å². The number of halogens is 7. The van der Waals surface area contributed by atoms with Crippen LogP contribution < -0.4 is 4.52 Å². The van der Waals surface area contributed by atoms with Crippen molar-refractivity contribution in [3.05, 3.63) is 26.1 Å². The molecule has 0 saturated carbocycles. The van der Waals surface area contributed by atoms with Gasteiger partial charge in [-0.05, 0) is 0 Å². The minimum atomic E-state index is -4.15. The number of hydrogen-bond donors (Lipinski definition) is 0. The monoisotopic (exact) mass is 454 g/mol. The molecule has 0 saturated heterocycles. The number of benzene rings is 1. The Morgan fingerprint density at radius 3 is 1.73 bits per heavy atom. The Balaban J connectivity index is 3.17. The zero-order valence-corrected chi connectivity index (χ0v) is 14.5. The van der Waals surface area contributed by atoms with Crippen LogP contribution in [0.3, 0.4) is 0 Å². The van der Waals surface area contributed by atoms with Crippen LogP contribution in [0.4, 0.5) is 0 Å². The van der Waals surface area contributed by atoms with Crippen LogP contribution in [0.5, 0.6) is 5.75 Å². The van der Waals surface area contributed by atoms with Crippen LogP contribution in [0.1, 0.15) is 0 Å². The van der Waals surface area contributed by atoms with Crippen molar-refractivity contribution in [1.29, 1.82) is 0 Å². The third kappa shape index (κ3) is 5.35. The second-order valence-corrected chi connectivity index (χ2v) is 17.0. The van der Waals surface area contributed by atoms with Gasteiger partial charge in [0.2, 0.25) is 0 Å². The van der Waals surface area contributed by atoms with Crippen molar-refractivity contribution in [3.63, 3.8) is 0 Å². The van der Waals surface area contributed by atoms with Gasteiger partial charge in [-0.1, -0.05) is 0 Å². The van der Waals surface area contributed by atoms with E-state index in [0.717, 1.165) is 0 Å². The van der Waals surface area contributed by atoms with Crippen molar-refractivity contribution in [2.45, 2.75) is 0 Å². The zero-order valence-electron chi connectivity index (χ0n) is 6.66. The van der Waals surface area contributed by atoms with Gasteiger partial charge >= 0.3 is 129 Å². The molecule has 1 aromatic carbocycles. The quantitative estimate of drug-likeness (QED) is 0.422. The van der Waals surface area contributed by atoms with Crippen molar-refractivity contribution >= 4 is 92.7 Å². The normalized spacial score (nSPS) is 14.5. The average Bonchev–Trinajstić information content (AvgIpc) is 1.93. The first kappa shape index (κ1) is 14.9. The molecule has 1 rings (SSSR count). The first-order valence-electron chi connectivity index (χ1n) is 3.28. The van der Waals surface area contributed by atoms with Gasteiger partial charge in [-0.2, -0.15) is 0 Å². The van der Waals surface area contributed by atoms with E-state index >= 15 is 0 Å². The van der Waals surface area contributed by atoms with Gasteiger partial charge in [0.15, 0.2) is 0 Å². The summed E-state index contributed by atoms with van der Waals surface area (Å²) >= 11 is 34.8. The van der Waals surface area contributed by atoms with Crippen LogP contribution in [0.15, 0.2) is 21.1 Å². The zero-order chi connectivity index (χ0) is 11.9. The van der Waals surface area contributed by atoms with Crippen LogP contribution in [-0.2, 0) is 0 Å². The number of rotatable bonds is 2. The van der Waals surface area contributed by atoms with Crippen molar-refractivity contribution in [2.75, 3.05) is 0 Å².